The topological polar surface area (TPSA) is 260 Å². The number of imidazole rings is 1. The van der Waals surface area contributed by atoms with Crippen molar-refractivity contribution in [1.29, 1.82) is 0 Å². The molecule has 0 bridgehead atoms. The van der Waals surface area contributed by atoms with Crippen molar-refractivity contribution in [3.8, 4) is 0 Å². The average molecular weight is 498 g/mol. The van der Waals surface area contributed by atoms with Crippen molar-refractivity contribution in [3.05, 3.63) is 18.2 Å². The number of aromatic nitrogens is 2. The van der Waals surface area contributed by atoms with Gasteiger partial charge in [-0.05, 0) is 12.3 Å². The van der Waals surface area contributed by atoms with Gasteiger partial charge in [-0.25, -0.2) is 9.78 Å². The van der Waals surface area contributed by atoms with Crippen LogP contribution in [-0.4, -0.2) is 79.9 Å². The van der Waals surface area contributed by atoms with E-state index in [1.165, 1.54) is 12.5 Å². The summed E-state index contributed by atoms with van der Waals surface area (Å²) < 4.78 is 0. The van der Waals surface area contributed by atoms with Gasteiger partial charge in [0.25, 0.3) is 0 Å². The van der Waals surface area contributed by atoms with Crippen LogP contribution in [0.1, 0.15) is 38.8 Å². The maximum Gasteiger partial charge on any atom is 0.326 e. The van der Waals surface area contributed by atoms with Gasteiger partial charge in [0.05, 0.1) is 18.8 Å². The number of nitrogens with zero attached hydrogens (tertiary/aromatic N) is 1. The van der Waals surface area contributed by atoms with Crippen molar-refractivity contribution in [3.63, 3.8) is 0 Å². The van der Waals surface area contributed by atoms with Crippen molar-refractivity contribution >= 4 is 35.6 Å². The second-order valence-electron chi connectivity index (χ2n) is 8.18. The monoisotopic (exact) mass is 497 g/mol. The SMILES string of the molecule is CC(C)C(N)C(=O)NC(Cc1cnc[nH]1)C(=O)NC(CCC(=O)O)C(=O)NC(CC(N)=O)C(=O)O. The van der Waals surface area contributed by atoms with Crippen LogP contribution < -0.4 is 27.4 Å². The van der Waals surface area contributed by atoms with E-state index in [0.717, 1.165) is 0 Å². The molecule has 1 rings (SSSR count). The van der Waals surface area contributed by atoms with Gasteiger partial charge in [-0.2, -0.15) is 0 Å². The number of hydrogen-bond acceptors (Lipinski definition) is 8. The van der Waals surface area contributed by atoms with Gasteiger partial charge in [-0.3, -0.25) is 24.0 Å². The van der Waals surface area contributed by atoms with Crippen LogP contribution in [0.15, 0.2) is 12.5 Å². The number of nitrogens with two attached hydrogens (primary N) is 2. The van der Waals surface area contributed by atoms with Crippen molar-refractivity contribution in [2.24, 2.45) is 17.4 Å². The fraction of sp³-hybridized carbons (Fsp3) is 0.550. The first kappa shape index (κ1) is 29.0. The van der Waals surface area contributed by atoms with E-state index < -0.39 is 79.0 Å². The first-order chi connectivity index (χ1) is 16.3. The lowest BCUT2D eigenvalue weighted by molar-refractivity contribution is -0.144. The van der Waals surface area contributed by atoms with Gasteiger partial charge in [0.15, 0.2) is 0 Å². The number of primary amides is 1. The van der Waals surface area contributed by atoms with Crippen LogP contribution in [0.25, 0.3) is 0 Å². The van der Waals surface area contributed by atoms with Gasteiger partial charge in [-0.1, -0.05) is 13.8 Å². The largest absolute Gasteiger partial charge is 0.481 e. The smallest absolute Gasteiger partial charge is 0.326 e. The average Bonchev–Trinajstić information content (AvgIpc) is 3.27. The minimum absolute atomic E-state index is 0.0604. The molecular weight excluding hydrogens is 466 g/mol. The van der Waals surface area contributed by atoms with E-state index in [0.29, 0.717) is 5.69 Å². The number of amides is 4. The summed E-state index contributed by atoms with van der Waals surface area (Å²) in [5.74, 6) is -6.57. The third kappa shape index (κ3) is 10.2. The molecule has 0 aliphatic carbocycles. The molecule has 0 radical (unpaired) electrons. The summed E-state index contributed by atoms with van der Waals surface area (Å²) >= 11 is 0. The van der Waals surface area contributed by atoms with Crippen LogP contribution >= 0.6 is 0 Å². The first-order valence-electron chi connectivity index (χ1n) is 10.7. The number of nitrogens with one attached hydrogen (secondary N) is 4. The lowest BCUT2D eigenvalue weighted by Gasteiger charge is -2.25. The number of aliphatic carboxylic acids is 2. The highest BCUT2D eigenvalue weighted by atomic mass is 16.4. The van der Waals surface area contributed by atoms with E-state index in [4.69, 9.17) is 16.6 Å². The summed E-state index contributed by atoms with van der Waals surface area (Å²) in [5, 5.41) is 25.1. The van der Waals surface area contributed by atoms with Gasteiger partial charge in [-0.15, -0.1) is 0 Å². The molecule has 0 saturated carbocycles. The standard InChI is InChI=1S/C20H31N7O8/c1-9(2)16(22)19(33)26-12(5-10-7-23-8-24-10)18(32)25-11(3-4-15(29)30)17(31)27-13(20(34)35)6-14(21)28/h7-9,11-13,16H,3-6,22H2,1-2H3,(H2,21,28)(H,23,24)(H,25,32)(H,26,33)(H,27,31)(H,29,30)(H,34,35). The second kappa shape index (κ2) is 13.6. The number of rotatable bonds is 15. The van der Waals surface area contributed by atoms with Crippen LogP contribution in [0.5, 0.6) is 0 Å². The Hall–Kier alpha value is -4.01. The zero-order chi connectivity index (χ0) is 26.7. The summed E-state index contributed by atoms with van der Waals surface area (Å²) in [6.45, 7) is 3.43. The molecule has 15 nitrogen and oxygen atoms in total. The minimum atomic E-state index is -1.69. The lowest BCUT2D eigenvalue weighted by atomic mass is 10.0. The van der Waals surface area contributed by atoms with Gasteiger partial charge < -0.3 is 42.6 Å². The summed E-state index contributed by atoms with van der Waals surface area (Å²) in [5.41, 5.74) is 11.3. The van der Waals surface area contributed by atoms with Crippen LogP contribution in [0.4, 0.5) is 0 Å². The molecular formula is C20H31N7O8. The van der Waals surface area contributed by atoms with Gasteiger partial charge in [0.2, 0.25) is 23.6 Å². The first-order valence-corrected chi connectivity index (χ1v) is 10.7. The predicted molar refractivity (Wildman–Crippen MR) is 119 cm³/mol. The third-order valence-electron chi connectivity index (χ3n) is 4.93. The number of carboxylic acids is 2. The molecule has 0 spiro atoms. The number of carboxylic acid groups (broad SMARTS) is 2. The number of carbonyl (C=O) groups excluding carboxylic acids is 4. The predicted octanol–water partition coefficient (Wildman–Crippen LogP) is -2.79. The number of hydrogen-bond donors (Lipinski definition) is 8. The molecule has 0 aliphatic heterocycles. The summed E-state index contributed by atoms with van der Waals surface area (Å²) in [6, 6.07) is -5.33. The molecule has 15 heteroatoms. The van der Waals surface area contributed by atoms with Crippen molar-refractivity contribution in [2.75, 3.05) is 0 Å². The van der Waals surface area contributed by atoms with Crippen LogP contribution in [0, 0.1) is 5.92 Å². The quantitative estimate of drug-likeness (QED) is 0.123. The molecule has 1 heterocycles. The van der Waals surface area contributed by atoms with Gasteiger partial charge in [0, 0.05) is 24.7 Å². The molecule has 0 aliphatic rings. The second-order valence-corrected chi connectivity index (χ2v) is 8.18. The maximum absolute atomic E-state index is 13.0. The molecule has 0 saturated heterocycles. The Bertz CT molecular complexity index is 919. The van der Waals surface area contributed by atoms with E-state index in [2.05, 4.69) is 25.9 Å². The van der Waals surface area contributed by atoms with E-state index >= 15 is 0 Å². The molecule has 1 aromatic rings. The Morgan fingerprint density at radius 3 is 2.03 bits per heavy atom. The van der Waals surface area contributed by atoms with Gasteiger partial charge in [0.1, 0.15) is 18.1 Å². The fourth-order valence-electron chi connectivity index (χ4n) is 2.88. The zero-order valence-electron chi connectivity index (χ0n) is 19.3. The summed E-state index contributed by atoms with van der Waals surface area (Å²) in [4.78, 5) is 78.3. The Labute approximate surface area is 200 Å². The number of carbonyl (C=O) groups is 6. The molecule has 35 heavy (non-hydrogen) atoms. The molecule has 4 atom stereocenters. The fourth-order valence-corrected chi connectivity index (χ4v) is 2.88. The molecule has 10 N–H and O–H groups in total. The Morgan fingerprint density at radius 1 is 0.971 bits per heavy atom. The van der Waals surface area contributed by atoms with Crippen molar-refractivity contribution in [2.45, 2.75) is 63.7 Å². The molecule has 4 unspecified atom stereocenters. The molecule has 194 valence electrons. The van der Waals surface area contributed by atoms with E-state index in [-0.39, 0.29) is 12.3 Å². The highest BCUT2D eigenvalue weighted by molar-refractivity contribution is 5.95. The number of aromatic amines is 1. The molecule has 1 aromatic heterocycles. The summed E-state index contributed by atoms with van der Waals surface area (Å²) in [7, 11) is 0. The van der Waals surface area contributed by atoms with E-state index in [1.807, 2.05) is 0 Å². The van der Waals surface area contributed by atoms with Crippen LogP contribution in [0.2, 0.25) is 0 Å². The molecule has 0 fully saturated rings. The highest BCUT2D eigenvalue weighted by Crippen LogP contribution is 2.06. The minimum Gasteiger partial charge on any atom is -0.481 e. The number of H-pyrrole nitrogens is 1. The van der Waals surface area contributed by atoms with Crippen LogP contribution in [-0.2, 0) is 35.2 Å². The van der Waals surface area contributed by atoms with E-state index in [1.54, 1.807) is 13.8 Å². The van der Waals surface area contributed by atoms with Crippen molar-refractivity contribution < 1.29 is 39.0 Å². The lowest BCUT2D eigenvalue weighted by Crippen LogP contribution is -2.58. The maximum atomic E-state index is 13.0. The zero-order valence-corrected chi connectivity index (χ0v) is 19.3. The summed E-state index contributed by atoms with van der Waals surface area (Å²) in [6.07, 6.45) is 1.07. The van der Waals surface area contributed by atoms with Gasteiger partial charge >= 0.3 is 11.9 Å². The van der Waals surface area contributed by atoms with Crippen molar-refractivity contribution in [1.82, 2.24) is 25.9 Å². The van der Waals surface area contributed by atoms with E-state index in [9.17, 15) is 33.9 Å². The normalized spacial score (nSPS) is 14.3. The van der Waals surface area contributed by atoms with Crippen LogP contribution in [0.3, 0.4) is 0 Å². The molecule has 0 aromatic carbocycles. The third-order valence-corrected chi connectivity index (χ3v) is 4.93. The Kier molecular flexibility index (Phi) is 11.3. The Morgan fingerprint density at radius 2 is 1.54 bits per heavy atom. The Balaban J connectivity index is 3.09. The molecule has 4 amide bonds. The highest BCUT2D eigenvalue weighted by Gasteiger charge is 2.31.